The van der Waals surface area contributed by atoms with E-state index in [4.69, 9.17) is 0 Å². The minimum atomic E-state index is -1.84. The van der Waals surface area contributed by atoms with E-state index in [1.807, 2.05) is 13.8 Å². The molecule has 0 aliphatic heterocycles. The zero-order valence-corrected chi connectivity index (χ0v) is 8.48. The maximum Gasteiger partial charge on any atom is 0.159 e. The zero-order chi connectivity index (χ0) is 9.78. The van der Waals surface area contributed by atoms with Crippen molar-refractivity contribution in [3.8, 4) is 0 Å². The zero-order valence-electron chi connectivity index (χ0n) is 8.48. The summed E-state index contributed by atoms with van der Waals surface area (Å²) in [5, 5.41) is 0. The molecule has 0 aliphatic carbocycles. The average Bonchev–Trinajstić information content (AvgIpc) is 2.00. The Bertz CT molecular complexity index is 124. The number of rotatable bonds is 5. The van der Waals surface area contributed by atoms with Gasteiger partial charge in [0.1, 0.15) is 0 Å². The third-order valence-electron chi connectivity index (χ3n) is 2.37. The summed E-state index contributed by atoms with van der Waals surface area (Å²) in [6.07, 6.45) is 1.60. The smallest absolute Gasteiger partial charge is 0.0651 e. The molecule has 0 radical (unpaired) electrons. The van der Waals surface area contributed by atoms with E-state index in [0.717, 1.165) is 6.42 Å². The molecule has 0 N–H and O–H groups in total. The lowest BCUT2D eigenvalue weighted by Crippen LogP contribution is -2.38. The van der Waals surface area contributed by atoms with Crippen molar-refractivity contribution < 1.29 is 13.9 Å². The summed E-state index contributed by atoms with van der Waals surface area (Å²) >= 11 is 0. The number of hydrogen-bond acceptors (Lipinski definition) is 0. The normalized spacial score (nSPS) is 15.2. The minimum Gasteiger partial charge on any atom is -0.0651 e. The van der Waals surface area contributed by atoms with Gasteiger partial charge in [0.2, 0.25) is 0 Å². The van der Waals surface area contributed by atoms with Gasteiger partial charge in [0, 0.05) is 15.4 Å². The first-order valence-electron chi connectivity index (χ1n) is 4.67. The summed E-state index contributed by atoms with van der Waals surface area (Å²) in [4.78, 5) is -1.84. The molecule has 1 atom stereocenters. The molecule has 0 amide bonds. The second-order valence-corrected chi connectivity index (χ2v) is 3.80. The number of halogens is 2. The maximum absolute atomic E-state index is 13.0. The van der Waals surface area contributed by atoms with Crippen LogP contribution in [0.3, 0.4) is 0 Å². The summed E-state index contributed by atoms with van der Waals surface area (Å²) in [5.74, 6) is 0.410. The SMILES string of the molecule is CCC(C)CC[N+](F)(F)C(C)C. The van der Waals surface area contributed by atoms with Gasteiger partial charge in [-0.2, -0.15) is 0 Å². The van der Waals surface area contributed by atoms with Crippen LogP contribution in [-0.4, -0.2) is 17.5 Å². The van der Waals surface area contributed by atoms with Crippen molar-refractivity contribution in [2.45, 2.75) is 46.6 Å². The van der Waals surface area contributed by atoms with Crippen LogP contribution >= 0.6 is 0 Å². The summed E-state index contributed by atoms with van der Waals surface area (Å²) < 4.78 is 26.0. The first-order chi connectivity index (χ1) is 5.40. The van der Waals surface area contributed by atoms with E-state index in [1.54, 1.807) is 13.8 Å². The van der Waals surface area contributed by atoms with Crippen LogP contribution in [0.25, 0.3) is 0 Å². The molecule has 0 bridgehead atoms. The minimum absolute atomic E-state index is 0.0212. The van der Waals surface area contributed by atoms with E-state index in [9.17, 15) is 8.96 Å². The Morgan fingerprint density at radius 2 is 1.67 bits per heavy atom. The summed E-state index contributed by atoms with van der Waals surface area (Å²) in [6.45, 7) is 7.13. The predicted octanol–water partition coefficient (Wildman–Crippen LogP) is 3.42. The molecule has 0 aromatic carbocycles. The highest BCUT2D eigenvalue weighted by atomic mass is 19.4. The van der Waals surface area contributed by atoms with Crippen LogP contribution in [0.1, 0.15) is 40.5 Å². The largest absolute Gasteiger partial charge is 0.159 e. The van der Waals surface area contributed by atoms with Crippen LogP contribution < -0.4 is 0 Å². The first-order valence-corrected chi connectivity index (χ1v) is 4.67. The van der Waals surface area contributed by atoms with E-state index in [2.05, 4.69) is 0 Å². The van der Waals surface area contributed by atoms with Crippen LogP contribution in [0.2, 0.25) is 0 Å². The third kappa shape index (κ3) is 4.00. The van der Waals surface area contributed by atoms with Gasteiger partial charge in [0.05, 0.1) is 4.93 Å². The molecule has 1 unspecified atom stereocenters. The Labute approximate surface area is 73.8 Å². The van der Waals surface area contributed by atoms with Gasteiger partial charge in [0.15, 0.2) is 12.6 Å². The maximum atomic E-state index is 13.0. The van der Waals surface area contributed by atoms with Gasteiger partial charge in [-0.05, 0) is 19.8 Å². The van der Waals surface area contributed by atoms with Gasteiger partial charge in [-0.25, -0.2) is 0 Å². The molecule has 0 fully saturated rings. The fraction of sp³-hybridized carbons (Fsp3) is 1.00. The molecule has 1 nitrogen and oxygen atoms in total. The Kier molecular flexibility index (Phi) is 4.68. The quantitative estimate of drug-likeness (QED) is 0.569. The third-order valence-corrected chi connectivity index (χ3v) is 2.37. The molecule has 0 rings (SSSR count). The van der Waals surface area contributed by atoms with E-state index in [0.29, 0.717) is 12.3 Å². The molecule has 0 saturated carbocycles. The Morgan fingerprint density at radius 3 is 2.00 bits per heavy atom. The Morgan fingerprint density at radius 1 is 1.17 bits per heavy atom. The standard InChI is InChI=1S/C9H20F2N/c1-5-9(4)6-7-12(10,11)8(2)3/h8-9H,5-7H2,1-4H3/q+1. The lowest BCUT2D eigenvalue weighted by molar-refractivity contribution is -1.18. The van der Waals surface area contributed by atoms with Crippen LogP contribution in [0.15, 0.2) is 0 Å². The molecule has 0 aromatic rings. The van der Waals surface area contributed by atoms with Crippen LogP contribution in [-0.2, 0) is 0 Å². The van der Waals surface area contributed by atoms with Gasteiger partial charge >= 0.3 is 0 Å². The van der Waals surface area contributed by atoms with Crippen molar-refractivity contribution in [1.82, 2.24) is 0 Å². The number of hydrogen-bond donors (Lipinski definition) is 0. The fourth-order valence-corrected chi connectivity index (χ4v) is 0.855. The average molecular weight is 180 g/mol. The van der Waals surface area contributed by atoms with E-state index in [-0.39, 0.29) is 6.54 Å². The number of nitrogens with zero attached hydrogens (tertiary/aromatic N) is 1. The van der Waals surface area contributed by atoms with Gasteiger partial charge in [-0.1, -0.05) is 20.3 Å². The highest BCUT2D eigenvalue weighted by Crippen LogP contribution is 2.19. The van der Waals surface area contributed by atoms with Crippen molar-refractivity contribution >= 4 is 0 Å². The van der Waals surface area contributed by atoms with Crippen LogP contribution in [0.5, 0.6) is 0 Å². The summed E-state index contributed by atoms with van der Waals surface area (Å²) in [5.41, 5.74) is 0. The summed E-state index contributed by atoms with van der Waals surface area (Å²) in [6, 6.07) is -0.589. The van der Waals surface area contributed by atoms with Crippen molar-refractivity contribution in [3.63, 3.8) is 0 Å². The molecule has 0 heterocycles. The predicted molar refractivity (Wildman–Crippen MR) is 46.6 cm³/mol. The second-order valence-electron chi connectivity index (χ2n) is 3.80. The van der Waals surface area contributed by atoms with Crippen molar-refractivity contribution in [2.24, 2.45) is 5.92 Å². The van der Waals surface area contributed by atoms with Crippen LogP contribution in [0.4, 0.5) is 8.96 Å². The van der Waals surface area contributed by atoms with Crippen molar-refractivity contribution in [2.75, 3.05) is 6.54 Å². The topological polar surface area (TPSA) is 0 Å². The van der Waals surface area contributed by atoms with Gasteiger partial charge in [-0.3, -0.25) is 0 Å². The van der Waals surface area contributed by atoms with Crippen molar-refractivity contribution in [3.05, 3.63) is 0 Å². The molecular weight excluding hydrogens is 160 g/mol. The molecule has 12 heavy (non-hydrogen) atoms. The second kappa shape index (κ2) is 4.75. The molecule has 3 heteroatoms. The van der Waals surface area contributed by atoms with E-state index < -0.39 is 11.0 Å². The molecular formula is C9H20F2N+. The fourth-order valence-electron chi connectivity index (χ4n) is 0.855. The molecule has 74 valence electrons. The van der Waals surface area contributed by atoms with Gasteiger partial charge in [-0.15, -0.1) is 0 Å². The van der Waals surface area contributed by atoms with Gasteiger partial charge < -0.3 is 0 Å². The Balaban J connectivity index is 3.75. The molecule has 0 saturated heterocycles. The van der Waals surface area contributed by atoms with Gasteiger partial charge in [0.25, 0.3) is 0 Å². The lowest BCUT2D eigenvalue weighted by atomic mass is 10.1. The molecule has 0 spiro atoms. The highest BCUT2D eigenvalue weighted by Gasteiger charge is 2.34. The first kappa shape index (κ1) is 11.8. The van der Waals surface area contributed by atoms with Crippen molar-refractivity contribution in [1.29, 1.82) is 0 Å². The lowest BCUT2D eigenvalue weighted by Gasteiger charge is -2.18. The molecule has 0 aliphatic rings. The Hall–Kier alpha value is -0.180. The highest BCUT2D eigenvalue weighted by molar-refractivity contribution is 4.48. The van der Waals surface area contributed by atoms with Crippen LogP contribution in [0, 0.1) is 5.92 Å². The molecule has 0 aromatic heterocycles. The summed E-state index contributed by atoms with van der Waals surface area (Å²) in [7, 11) is 0. The number of quaternary nitrogens is 1. The van der Waals surface area contributed by atoms with E-state index >= 15 is 0 Å². The van der Waals surface area contributed by atoms with E-state index in [1.165, 1.54) is 0 Å². The monoisotopic (exact) mass is 180 g/mol.